The molecule has 0 unspecified atom stereocenters. The molecule has 0 bridgehead atoms. The molecule has 1 saturated heterocycles. The highest BCUT2D eigenvalue weighted by Crippen LogP contribution is 2.09. The van der Waals surface area contributed by atoms with E-state index in [4.69, 9.17) is 0 Å². The standard InChI is InChI=1S/C11H20N4O3/c1-11(2,3)7-14-9(17)12-4-5-15-8(16)6-13-10(15)18/h4-7H2,1-3H3,(H,13,18)(H2,12,14,17). The minimum absolute atomic E-state index is 0.0160. The molecule has 0 aromatic heterocycles. The van der Waals surface area contributed by atoms with Gasteiger partial charge in [0, 0.05) is 19.6 Å². The molecule has 7 heteroatoms. The number of amides is 5. The lowest BCUT2D eigenvalue weighted by atomic mass is 9.97. The Bertz CT molecular complexity index is 333. The van der Waals surface area contributed by atoms with Crippen molar-refractivity contribution < 1.29 is 14.4 Å². The van der Waals surface area contributed by atoms with Crippen molar-refractivity contribution in [3.05, 3.63) is 0 Å². The average Bonchev–Trinajstić information content (AvgIpc) is 2.57. The molecule has 1 heterocycles. The van der Waals surface area contributed by atoms with Gasteiger partial charge in [0.1, 0.15) is 0 Å². The van der Waals surface area contributed by atoms with E-state index in [9.17, 15) is 14.4 Å². The molecule has 1 rings (SSSR count). The molecule has 3 N–H and O–H groups in total. The highest BCUT2D eigenvalue weighted by atomic mass is 16.2. The van der Waals surface area contributed by atoms with Crippen LogP contribution in [0, 0.1) is 5.41 Å². The third-order valence-electron chi connectivity index (χ3n) is 2.34. The summed E-state index contributed by atoms with van der Waals surface area (Å²) in [4.78, 5) is 34.9. The fourth-order valence-electron chi connectivity index (χ4n) is 1.37. The zero-order valence-electron chi connectivity index (χ0n) is 11.0. The minimum atomic E-state index is -0.406. The van der Waals surface area contributed by atoms with E-state index in [2.05, 4.69) is 16.0 Å². The van der Waals surface area contributed by atoms with Gasteiger partial charge in [-0.3, -0.25) is 9.69 Å². The molecule has 5 amide bonds. The number of hydrogen-bond donors (Lipinski definition) is 3. The first-order chi connectivity index (χ1) is 8.29. The van der Waals surface area contributed by atoms with E-state index in [0.717, 1.165) is 4.90 Å². The molecular formula is C11H20N4O3. The van der Waals surface area contributed by atoms with E-state index in [1.165, 1.54) is 0 Å². The molecule has 0 aliphatic carbocycles. The molecule has 0 radical (unpaired) electrons. The highest BCUT2D eigenvalue weighted by Gasteiger charge is 2.27. The van der Waals surface area contributed by atoms with Gasteiger partial charge in [-0.25, -0.2) is 9.59 Å². The van der Waals surface area contributed by atoms with E-state index in [1.54, 1.807) is 0 Å². The van der Waals surface area contributed by atoms with Gasteiger partial charge >= 0.3 is 12.1 Å². The van der Waals surface area contributed by atoms with Crippen LogP contribution >= 0.6 is 0 Å². The van der Waals surface area contributed by atoms with Gasteiger partial charge in [-0.05, 0) is 5.41 Å². The maximum absolute atomic E-state index is 11.4. The Labute approximate surface area is 106 Å². The summed E-state index contributed by atoms with van der Waals surface area (Å²) in [5.41, 5.74) is 0.0160. The van der Waals surface area contributed by atoms with Gasteiger partial charge in [-0.1, -0.05) is 20.8 Å². The molecule has 18 heavy (non-hydrogen) atoms. The number of carbonyl (C=O) groups is 3. The van der Waals surface area contributed by atoms with Gasteiger partial charge in [-0.15, -0.1) is 0 Å². The largest absolute Gasteiger partial charge is 0.338 e. The lowest BCUT2D eigenvalue weighted by molar-refractivity contribution is -0.124. The maximum atomic E-state index is 11.4. The summed E-state index contributed by atoms with van der Waals surface area (Å²) in [6.07, 6.45) is 0. The topological polar surface area (TPSA) is 90.5 Å². The number of rotatable bonds is 4. The SMILES string of the molecule is CC(C)(C)CNC(=O)NCCN1C(=O)CNC1=O. The molecular weight excluding hydrogens is 236 g/mol. The van der Waals surface area contributed by atoms with E-state index in [0.29, 0.717) is 6.54 Å². The lowest BCUT2D eigenvalue weighted by Crippen LogP contribution is -2.44. The summed E-state index contributed by atoms with van der Waals surface area (Å²) in [5, 5.41) is 7.73. The third-order valence-corrected chi connectivity index (χ3v) is 2.34. The Morgan fingerprint density at radius 2 is 2.00 bits per heavy atom. The van der Waals surface area contributed by atoms with Crippen molar-refractivity contribution in [2.75, 3.05) is 26.2 Å². The molecule has 0 aromatic rings. The number of carbonyl (C=O) groups excluding carboxylic acids is 3. The van der Waals surface area contributed by atoms with E-state index in [1.807, 2.05) is 20.8 Å². The molecule has 0 atom stereocenters. The second-order valence-corrected chi connectivity index (χ2v) is 5.37. The number of hydrogen-bond acceptors (Lipinski definition) is 3. The molecule has 0 spiro atoms. The van der Waals surface area contributed by atoms with Crippen molar-refractivity contribution >= 4 is 18.0 Å². The molecule has 102 valence electrons. The molecule has 1 aliphatic heterocycles. The summed E-state index contributed by atoms with van der Waals surface area (Å²) in [5.74, 6) is -0.267. The molecule has 0 saturated carbocycles. The van der Waals surface area contributed by atoms with Crippen LogP contribution in [0.25, 0.3) is 0 Å². The molecule has 0 aromatic carbocycles. The zero-order valence-corrected chi connectivity index (χ0v) is 11.0. The first kappa shape index (κ1) is 14.3. The Kier molecular flexibility index (Phi) is 4.52. The Morgan fingerprint density at radius 1 is 1.33 bits per heavy atom. The van der Waals surface area contributed by atoms with Crippen LogP contribution < -0.4 is 16.0 Å². The number of imide groups is 1. The quantitative estimate of drug-likeness (QED) is 0.613. The first-order valence-electron chi connectivity index (χ1n) is 5.89. The van der Waals surface area contributed by atoms with Gasteiger partial charge < -0.3 is 16.0 Å². The van der Waals surface area contributed by atoms with Crippen molar-refractivity contribution in [1.29, 1.82) is 0 Å². The van der Waals surface area contributed by atoms with Gasteiger partial charge in [-0.2, -0.15) is 0 Å². The van der Waals surface area contributed by atoms with Crippen LogP contribution in [-0.2, 0) is 4.79 Å². The smallest absolute Gasteiger partial charge is 0.324 e. The molecule has 1 fully saturated rings. The van der Waals surface area contributed by atoms with Crippen LogP contribution in [0.3, 0.4) is 0 Å². The average molecular weight is 256 g/mol. The fraction of sp³-hybridized carbons (Fsp3) is 0.727. The predicted molar refractivity (Wildman–Crippen MR) is 66.0 cm³/mol. The molecule has 7 nitrogen and oxygen atoms in total. The summed E-state index contributed by atoms with van der Waals surface area (Å²) >= 11 is 0. The zero-order chi connectivity index (χ0) is 13.8. The normalized spacial score (nSPS) is 15.6. The second kappa shape index (κ2) is 5.70. The maximum Gasteiger partial charge on any atom is 0.324 e. The Balaban J connectivity index is 2.19. The van der Waals surface area contributed by atoms with E-state index >= 15 is 0 Å². The van der Waals surface area contributed by atoms with Crippen molar-refractivity contribution in [2.24, 2.45) is 5.41 Å². The van der Waals surface area contributed by atoms with Crippen LogP contribution in [0.5, 0.6) is 0 Å². The van der Waals surface area contributed by atoms with Gasteiger partial charge in [0.05, 0.1) is 6.54 Å². The summed E-state index contributed by atoms with van der Waals surface area (Å²) in [6.45, 7) is 7.07. The minimum Gasteiger partial charge on any atom is -0.338 e. The lowest BCUT2D eigenvalue weighted by Gasteiger charge is -2.19. The summed E-state index contributed by atoms with van der Waals surface area (Å²) in [7, 11) is 0. The van der Waals surface area contributed by atoms with Crippen molar-refractivity contribution in [2.45, 2.75) is 20.8 Å². The van der Waals surface area contributed by atoms with Crippen LogP contribution in [0.4, 0.5) is 9.59 Å². The third kappa shape index (κ3) is 4.60. The highest BCUT2D eigenvalue weighted by molar-refractivity contribution is 6.01. The fourth-order valence-corrected chi connectivity index (χ4v) is 1.37. The molecule has 1 aliphatic rings. The van der Waals surface area contributed by atoms with Gasteiger partial charge in [0.2, 0.25) is 5.91 Å². The summed E-state index contributed by atoms with van der Waals surface area (Å²) in [6, 6.07) is -0.700. The first-order valence-corrected chi connectivity index (χ1v) is 5.89. The Hall–Kier alpha value is -1.79. The monoisotopic (exact) mass is 256 g/mol. The van der Waals surface area contributed by atoms with Crippen molar-refractivity contribution in [1.82, 2.24) is 20.9 Å². The van der Waals surface area contributed by atoms with Crippen molar-refractivity contribution in [3.8, 4) is 0 Å². The van der Waals surface area contributed by atoms with Crippen LogP contribution in [-0.4, -0.2) is 49.0 Å². The van der Waals surface area contributed by atoms with Gasteiger partial charge in [0.15, 0.2) is 0 Å². The number of nitrogens with one attached hydrogen (secondary N) is 3. The number of urea groups is 2. The Morgan fingerprint density at radius 3 is 2.50 bits per heavy atom. The van der Waals surface area contributed by atoms with Crippen LogP contribution in [0.15, 0.2) is 0 Å². The summed E-state index contributed by atoms with van der Waals surface area (Å²) < 4.78 is 0. The van der Waals surface area contributed by atoms with E-state index in [-0.39, 0.29) is 37.0 Å². The van der Waals surface area contributed by atoms with Crippen LogP contribution in [0.1, 0.15) is 20.8 Å². The van der Waals surface area contributed by atoms with Crippen molar-refractivity contribution in [3.63, 3.8) is 0 Å². The van der Waals surface area contributed by atoms with Crippen LogP contribution in [0.2, 0.25) is 0 Å². The second-order valence-electron chi connectivity index (χ2n) is 5.37. The van der Waals surface area contributed by atoms with Gasteiger partial charge in [0.25, 0.3) is 0 Å². The predicted octanol–water partition coefficient (Wildman–Crippen LogP) is -0.116. The number of nitrogens with zero attached hydrogens (tertiary/aromatic N) is 1. The van der Waals surface area contributed by atoms with E-state index < -0.39 is 6.03 Å².